The fraction of sp³-hybridized carbons (Fsp3) is 0.462. The summed E-state index contributed by atoms with van der Waals surface area (Å²) in [6.45, 7) is 2.55. The fourth-order valence-corrected chi connectivity index (χ4v) is 2.07. The number of halogens is 4. The van der Waals surface area contributed by atoms with Crippen LogP contribution in [0.3, 0.4) is 0 Å². The van der Waals surface area contributed by atoms with Crippen LogP contribution in [0.4, 0.5) is 13.2 Å². The van der Waals surface area contributed by atoms with Gasteiger partial charge in [0.1, 0.15) is 0 Å². The van der Waals surface area contributed by atoms with Crippen LogP contribution in [-0.2, 0) is 10.9 Å². The highest BCUT2D eigenvalue weighted by molar-refractivity contribution is 9.10. The van der Waals surface area contributed by atoms with E-state index < -0.39 is 17.6 Å². The third-order valence-electron chi connectivity index (χ3n) is 2.75. The predicted octanol–water partition coefficient (Wildman–Crippen LogP) is 3.58. The average Bonchev–Trinajstić information content (AvgIpc) is 2.38. The number of amides is 1. The Hall–Kier alpha value is -1.08. The molecule has 0 spiro atoms. The van der Waals surface area contributed by atoms with Gasteiger partial charge in [-0.3, -0.25) is 4.79 Å². The molecular weight excluding hydrogens is 339 g/mol. The lowest BCUT2D eigenvalue weighted by Gasteiger charge is -2.22. The minimum Gasteiger partial charge on any atom is -0.383 e. The van der Waals surface area contributed by atoms with Gasteiger partial charge in [0.15, 0.2) is 0 Å². The highest BCUT2D eigenvalue weighted by atomic mass is 79.9. The summed E-state index contributed by atoms with van der Waals surface area (Å²) in [4.78, 5) is 13.5. The van der Waals surface area contributed by atoms with E-state index in [1.54, 1.807) is 6.92 Å². The molecule has 0 heterocycles. The number of carbonyl (C=O) groups is 1. The third-order valence-corrected chi connectivity index (χ3v) is 3.24. The Morgan fingerprint density at radius 1 is 1.40 bits per heavy atom. The molecule has 1 aromatic carbocycles. The van der Waals surface area contributed by atoms with Gasteiger partial charge >= 0.3 is 6.18 Å². The van der Waals surface area contributed by atoms with Crippen molar-refractivity contribution >= 4 is 21.8 Å². The predicted molar refractivity (Wildman–Crippen MR) is 72.6 cm³/mol. The number of carbonyl (C=O) groups excluding carboxylic acids is 1. The van der Waals surface area contributed by atoms with Gasteiger partial charge in [0.25, 0.3) is 5.91 Å². The number of hydrogen-bond acceptors (Lipinski definition) is 2. The van der Waals surface area contributed by atoms with Gasteiger partial charge in [0.2, 0.25) is 0 Å². The van der Waals surface area contributed by atoms with Gasteiger partial charge in [-0.25, -0.2) is 0 Å². The van der Waals surface area contributed by atoms with E-state index in [0.29, 0.717) is 6.54 Å². The van der Waals surface area contributed by atoms with E-state index in [2.05, 4.69) is 15.9 Å². The first-order chi connectivity index (χ1) is 9.31. The standard InChI is InChI=1S/C13H15BrF3NO2/c1-3-18(6-7-20-2)12(19)10-5-4-9(14)8-11(10)13(15,16)17/h4-5,8H,3,6-7H2,1-2H3. The summed E-state index contributed by atoms with van der Waals surface area (Å²) in [6, 6.07) is 3.52. The minimum atomic E-state index is -4.57. The molecule has 0 N–H and O–H groups in total. The highest BCUT2D eigenvalue weighted by Gasteiger charge is 2.36. The summed E-state index contributed by atoms with van der Waals surface area (Å²) in [6.07, 6.45) is -4.57. The molecule has 20 heavy (non-hydrogen) atoms. The van der Waals surface area contributed by atoms with Crippen LogP contribution in [0.15, 0.2) is 22.7 Å². The maximum Gasteiger partial charge on any atom is 0.417 e. The maximum atomic E-state index is 13.0. The monoisotopic (exact) mass is 353 g/mol. The van der Waals surface area contributed by atoms with Gasteiger partial charge in [0.05, 0.1) is 17.7 Å². The van der Waals surface area contributed by atoms with Gasteiger partial charge in [-0.15, -0.1) is 0 Å². The normalized spacial score (nSPS) is 11.5. The van der Waals surface area contributed by atoms with Crippen molar-refractivity contribution in [3.63, 3.8) is 0 Å². The van der Waals surface area contributed by atoms with Gasteiger partial charge in [0, 0.05) is 24.7 Å². The second kappa shape index (κ2) is 7.08. The van der Waals surface area contributed by atoms with E-state index >= 15 is 0 Å². The highest BCUT2D eigenvalue weighted by Crippen LogP contribution is 2.34. The summed E-state index contributed by atoms with van der Waals surface area (Å²) in [5, 5.41) is 0. The number of ether oxygens (including phenoxy) is 1. The molecule has 0 atom stereocenters. The lowest BCUT2D eigenvalue weighted by Crippen LogP contribution is -2.35. The maximum absolute atomic E-state index is 13.0. The van der Waals surface area contributed by atoms with Crippen molar-refractivity contribution in [2.24, 2.45) is 0 Å². The lowest BCUT2D eigenvalue weighted by molar-refractivity contribution is -0.138. The van der Waals surface area contributed by atoms with Crippen LogP contribution >= 0.6 is 15.9 Å². The Kier molecular flexibility index (Phi) is 6.01. The molecule has 0 unspecified atom stereocenters. The molecule has 0 saturated heterocycles. The summed E-state index contributed by atoms with van der Waals surface area (Å²) in [5.74, 6) is -0.649. The van der Waals surface area contributed by atoms with Gasteiger partial charge in [-0.2, -0.15) is 13.2 Å². The molecule has 3 nitrogen and oxygen atoms in total. The Bertz CT molecular complexity index is 477. The van der Waals surface area contributed by atoms with Crippen LogP contribution in [-0.4, -0.2) is 37.6 Å². The number of likely N-dealkylation sites (N-methyl/N-ethyl adjacent to an activating group) is 1. The van der Waals surface area contributed by atoms with Crippen molar-refractivity contribution in [3.05, 3.63) is 33.8 Å². The quantitative estimate of drug-likeness (QED) is 0.809. The van der Waals surface area contributed by atoms with Gasteiger partial charge in [-0.05, 0) is 25.1 Å². The summed E-state index contributed by atoms with van der Waals surface area (Å²) in [7, 11) is 1.47. The third kappa shape index (κ3) is 4.21. The Labute approximate surface area is 123 Å². The molecule has 1 aromatic rings. The molecular formula is C13H15BrF3NO2. The van der Waals surface area contributed by atoms with E-state index in [1.807, 2.05) is 0 Å². The fourth-order valence-electron chi connectivity index (χ4n) is 1.71. The molecule has 0 bridgehead atoms. The first kappa shape index (κ1) is 17.0. The van der Waals surface area contributed by atoms with Crippen molar-refractivity contribution in [3.8, 4) is 0 Å². The van der Waals surface area contributed by atoms with E-state index in [4.69, 9.17) is 4.74 Å². The second-order valence-electron chi connectivity index (χ2n) is 4.07. The van der Waals surface area contributed by atoms with E-state index in [-0.39, 0.29) is 23.2 Å². The molecule has 7 heteroatoms. The molecule has 1 rings (SSSR count). The number of rotatable bonds is 5. The number of methoxy groups -OCH3 is 1. The van der Waals surface area contributed by atoms with Crippen LogP contribution in [0.5, 0.6) is 0 Å². The first-order valence-corrected chi connectivity index (χ1v) is 6.75. The summed E-state index contributed by atoms with van der Waals surface area (Å²) >= 11 is 2.99. The molecule has 0 aliphatic heterocycles. The Balaban J connectivity index is 3.14. The average molecular weight is 354 g/mol. The first-order valence-electron chi connectivity index (χ1n) is 5.96. The number of hydrogen-bond donors (Lipinski definition) is 0. The molecule has 0 aromatic heterocycles. The lowest BCUT2D eigenvalue weighted by atomic mass is 10.1. The number of alkyl halides is 3. The molecule has 0 saturated carbocycles. The van der Waals surface area contributed by atoms with Crippen LogP contribution in [0.2, 0.25) is 0 Å². The molecule has 1 amide bonds. The van der Waals surface area contributed by atoms with Crippen LogP contribution in [0.1, 0.15) is 22.8 Å². The zero-order chi connectivity index (χ0) is 15.3. The van der Waals surface area contributed by atoms with Gasteiger partial charge in [-0.1, -0.05) is 15.9 Å². The summed E-state index contributed by atoms with van der Waals surface area (Å²) < 4.78 is 44.1. The molecule has 0 radical (unpaired) electrons. The smallest absolute Gasteiger partial charge is 0.383 e. The number of benzene rings is 1. The van der Waals surface area contributed by atoms with Crippen molar-refractivity contribution in [1.29, 1.82) is 0 Å². The van der Waals surface area contributed by atoms with Crippen LogP contribution in [0, 0.1) is 0 Å². The van der Waals surface area contributed by atoms with E-state index in [0.717, 1.165) is 6.07 Å². The van der Waals surface area contributed by atoms with Crippen molar-refractivity contribution in [2.45, 2.75) is 13.1 Å². The molecule has 0 aliphatic rings. The second-order valence-corrected chi connectivity index (χ2v) is 4.98. The van der Waals surface area contributed by atoms with E-state index in [1.165, 1.54) is 24.1 Å². The molecule has 112 valence electrons. The topological polar surface area (TPSA) is 29.5 Å². The zero-order valence-electron chi connectivity index (χ0n) is 11.1. The van der Waals surface area contributed by atoms with Gasteiger partial charge < -0.3 is 9.64 Å². The largest absolute Gasteiger partial charge is 0.417 e. The van der Waals surface area contributed by atoms with Crippen molar-refractivity contribution < 1.29 is 22.7 Å². The summed E-state index contributed by atoms with van der Waals surface area (Å²) in [5.41, 5.74) is -1.29. The SMILES string of the molecule is CCN(CCOC)C(=O)c1ccc(Br)cc1C(F)(F)F. The Morgan fingerprint density at radius 3 is 2.55 bits per heavy atom. The number of nitrogens with zero attached hydrogens (tertiary/aromatic N) is 1. The van der Waals surface area contributed by atoms with Crippen molar-refractivity contribution in [1.82, 2.24) is 4.90 Å². The van der Waals surface area contributed by atoms with Crippen LogP contribution < -0.4 is 0 Å². The Morgan fingerprint density at radius 2 is 2.05 bits per heavy atom. The van der Waals surface area contributed by atoms with Crippen LogP contribution in [0.25, 0.3) is 0 Å². The molecule has 0 fully saturated rings. The van der Waals surface area contributed by atoms with E-state index in [9.17, 15) is 18.0 Å². The zero-order valence-corrected chi connectivity index (χ0v) is 12.7. The minimum absolute atomic E-state index is 0.249. The van der Waals surface area contributed by atoms with Crippen molar-refractivity contribution in [2.75, 3.05) is 26.8 Å². The molecule has 0 aliphatic carbocycles.